The topological polar surface area (TPSA) is 104 Å². The van der Waals surface area contributed by atoms with Crippen LogP contribution in [0.5, 0.6) is 5.75 Å². The van der Waals surface area contributed by atoms with Gasteiger partial charge >= 0.3 is 11.9 Å². The highest BCUT2D eigenvalue weighted by Gasteiger charge is 2.65. The highest BCUT2D eigenvalue weighted by atomic mass is 16.5. The number of hydrogen-bond acceptors (Lipinski definition) is 5. The first kappa shape index (κ1) is 32.1. The quantitative estimate of drug-likeness (QED) is 0.178. The van der Waals surface area contributed by atoms with E-state index < -0.39 is 34.9 Å². The van der Waals surface area contributed by atoms with Gasteiger partial charge < -0.3 is 20.1 Å². The van der Waals surface area contributed by atoms with Crippen LogP contribution in [-0.4, -0.2) is 33.4 Å². The summed E-state index contributed by atoms with van der Waals surface area (Å²) < 4.78 is 6.16. The molecule has 3 N–H and O–H groups in total. The zero-order chi connectivity index (χ0) is 33.2. The van der Waals surface area contributed by atoms with E-state index in [2.05, 4.69) is 53.8 Å². The average Bonchev–Trinajstić information content (AvgIpc) is 3.26. The Morgan fingerprint density at radius 3 is 2.26 bits per heavy atom. The van der Waals surface area contributed by atoms with Gasteiger partial charge in [-0.05, 0) is 121 Å². The molecule has 0 radical (unpaired) electrons. The molecule has 1 aromatic carbocycles. The molecule has 4 saturated carbocycles. The SMILES string of the molecule is C=C1CC[C@@H]2C(C)(C)CCC[C@]2(C(=O)O)[C@H]1C[C@H]1C(=C)C(O)CC[C@]12C(=O)Oc1ccc3c(c12)[C@@H](O)C[C@H]1C(C)(C)CCC[C@]31C. The first-order valence-electron chi connectivity index (χ1n) is 17.9. The maximum Gasteiger partial charge on any atom is 0.322 e. The molecule has 46 heavy (non-hydrogen) atoms. The number of esters is 1. The van der Waals surface area contributed by atoms with Crippen molar-refractivity contribution in [1.82, 2.24) is 0 Å². The summed E-state index contributed by atoms with van der Waals surface area (Å²) in [7, 11) is 0. The number of carbonyl (C=O) groups is 2. The first-order valence-corrected chi connectivity index (χ1v) is 17.9. The molecule has 9 atom stereocenters. The van der Waals surface area contributed by atoms with Crippen molar-refractivity contribution in [1.29, 1.82) is 0 Å². The maximum absolute atomic E-state index is 14.5. The van der Waals surface area contributed by atoms with E-state index in [9.17, 15) is 24.9 Å². The van der Waals surface area contributed by atoms with Crippen LogP contribution >= 0.6 is 0 Å². The lowest BCUT2D eigenvalue weighted by Crippen LogP contribution is -2.57. The highest BCUT2D eigenvalue weighted by Crippen LogP contribution is 2.67. The lowest BCUT2D eigenvalue weighted by molar-refractivity contribution is -0.171. The number of allylic oxidation sites excluding steroid dienone is 1. The summed E-state index contributed by atoms with van der Waals surface area (Å²) in [6, 6.07) is 4.03. The third kappa shape index (κ3) is 4.07. The second kappa shape index (κ2) is 10.3. The summed E-state index contributed by atoms with van der Waals surface area (Å²) in [4.78, 5) is 28.0. The van der Waals surface area contributed by atoms with Gasteiger partial charge in [0, 0.05) is 11.5 Å². The second-order valence-electron chi connectivity index (χ2n) is 17.7. The smallest absolute Gasteiger partial charge is 0.322 e. The van der Waals surface area contributed by atoms with Gasteiger partial charge in [-0.1, -0.05) is 72.3 Å². The third-order valence-corrected chi connectivity index (χ3v) is 14.9. The molecule has 1 aliphatic heterocycles. The number of carboxylic acids is 1. The predicted molar refractivity (Wildman–Crippen MR) is 177 cm³/mol. The maximum atomic E-state index is 14.5. The summed E-state index contributed by atoms with van der Waals surface area (Å²) >= 11 is 0. The van der Waals surface area contributed by atoms with E-state index in [1.165, 1.54) is 0 Å². The van der Waals surface area contributed by atoms with Crippen molar-refractivity contribution in [3.63, 3.8) is 0 Å². The Morgan fingerprint density at radius 2 is 1.57 bits per heavy atom. The number of benzene rings is 1. The van der Waals surface area contributed by atoms with E-state index >= 15 is 0 Å². The molecule has 1 heterocycles. The van der Waals surface area contributed by atoms with E-state index in [1.807, 2.05) is 6.07 Å². The van der Waals surface area contributed by atoms with Crippen LogP contribution in [0.3, 0.4) is 0 Å². The molecule has 250 valence electrons. The number of rotatable bonds is 3. The van der Waals surface area contributed by atoms with Crippen molar-refractivity contribution >= 4 is 11.9 Å². The van der Waals surface area contributed by atoms with Crippen LogP contribution < -0.4 is 4.74 Å². The number of aliphatic hydroxyl groups excluding tert-OH is 2. The van der Waals surface area contributed by atoms with Gasteiger partial charge in [-0.2, -0.15) is 0 Å². The van der Waals surface area contributed by atoms with E-state index in [0.717, 1.165) is 67.2 Å². The summed E-state index contributed by atoms with van der Waals surface area (Å²) in [5, 5.41) is 34.5. The van der Waals surface area contributed by atoms with Crippen LogP contribution in [0, 0.1) is 39.9 Å². The molecule has 4 fully saturated rings. The standard InChI is InChI=1S/C40H54O6/c1-22-10-13-30-36(3,4)16-9-18-39(30,34(43)44)25(22)20-26-23(2)27(41)14-19-40(26)33-29(46-35(40)45)12-11-24-32(33)28(42)21-31-37(5,6)15-8-17-38(24,31)7/h11-12,25-28,30-31,41-42H,1-2,8-10,13-21H2,3-7H3,(H,43,44)/t25-,26-,27?,28-,30+,31-,38+,39-,40-/m0/s1. The molecule has 0 saturated heterocycles. The molecule has 1 spiro atoms. The van der Waals surface area contributed by atoms with Crippen molar-refractivity contribution in [2.24, 2.45) is 39.9 Å². The fraction of sp³-hybridized carbons (Fsp3) is 0.700. The Morgan fingerprint density at radius 1 is 0.891 bits per heavy atom. The largest absolute Gasteiger partial charge is 0.481 e. The fourth-order valence-electron chi connectivity index (χ4n) is 12.6. The van der Waals surface area contributed by atoms with Gasteiger partial charge in [-0.25, -0.2) is 0 Å². The Hall–Kier alpha value is -2.44. The van der Waals surface area contributed by atoms with Crippen LogP contribution in [0.1, 0.15) is 134 Å². The van der Waals surface area contributed by atoms with Gasteiger partial charge in [0.1, 0.15) is 11.2 Å². The average molecular weight is 631 g/mol. The molecule has 0 aromatic heterocycles. The van der Waals surface area contributed by atoms with Crippen LogP contribution in [0.25, 0.3) is 0 Å². The number of ether oxygens (including phenoxy) is 1. The number of aliphatic carboxylic acids is 1. The molecule has 5 aliphatic carbocycles. The Kier molecular flexibility index (Phi) is 7.18. The van der Waals surface area contributed by atoms with Gasteiger partial charge in [0.05, 0.1) is 17.6 Å². The van der Waals surface area contributed by atoms with E-state index in [-0.39, 0.29) is 34.1 Å². The van der Waals surface area contributed by atoms with Crippen molar-refractivity contribution < 1.29 is 29.6 Å². The number of aliphatic hydroxyl groups is 2. The highest BCUT2D eigenvalue weighted by molar-refractivity contribution is 5.93. The van der Waals surface area contributed by atoms with Crippen molar-refractivity contribution in [2.45, 2.75) is 135 Å². The molecule has 1 aromatic rings. The van der Waals surface area contributed by atoms with E-state index in [4.69, 9.17) is 4.74 Å². The zero-order valence-corrected chi connectivity index (χ0v) is 28.6. The van der Waals surface area contributed by atoms with Gasteiger partial charge in [-0.15, -0.1) is 0 Å². The molecule has 6 nitrogen and oxygen atoms in total. The van der Waals surface area contributed by atoms with Gasteiger partial charge in [0.2, 0.25) is 0 Å². The zero-order valence-electron chi connectivity index (χ0n) is 28.6. The normalized spacial score (nSPS) is 42.5. The molecule has 6 heteroatoms. The van der Waals surface area contributed by atoms with E-state index in [1.54, 1.807) is 0 Å². The lowest BCUT2D eigenvalue weighted by Gasteiger charge is -2.58. The Labute approximate surface area is 274 Å². The fourth-order valence-corrected chi connectivity index (χ4v) is 12.6. The number of fused-ring (bicyclic) bond motifs is 7. The van der Waals surface area contributed by atoms with Gasteiger partial charge in [-0.3, -0.25) is 9.59 Å². The minimum Gasteiger partial charge on any atom is -0.481 e. The number of hydrogen-bond donors (Lipinski definition) is 3. The summed E-state index contributed by atoms with van der Waals surface area (Å²) in [6.45, 7) is 20.3. The molecule has 0 amide bonds. The second-order valence-corrected chi connectivity index (χ2v) is 17.7. The number of carboxylic acid groups (broad SMARTS) is 1. The predicted octanol–water partition coefficient (Wildman–Crippen LogP) is 7.95. The van der Waals surface area contributed by atoms with Crippen LogP contribution in [0.15, 0.2) is 36.4 Å². The van der Waals surface area contributed by atoms with Gasteiger partial charge in [0.15, 0.2) is 0 Å². The van der Waals surface area contributed by atoms with Crippen molar-refractivity contribution in [2.75, 3.05) is 0 Å². The first-order chi connectivity index (χ1) is 21.5. The van der Waals surface area contributed by atoms with Crippen molar-refractivity contribution in [3.05, 3.63) is 53.1 Å². The molecule has 6 aliphatic rings. The Balaban J connectivity index is 1.40. The van der Waals surface area contributed by atoms with Crippen LogP contribution in [0.4, 0.5) is 0 Å². The number of carbonyl (C=O) groups excluding carboxylic acids is 1. The lowest BCUT2D eigenvalue weighted by atomic mass is 9.44. The minimum atomic E-state index is -1.15. The van der Waals surface area contributed by atoms with Crippen molar-refractivity contribution in [3.8, 4) is 5.75 Å². The van der Waals surface area contributed by atoms with Crippen LogP contribution in [0.2, 0.25) is 0 Å². The van der Waals surface area contributed by atoms with Crippen LogP contribution in [-0.2, 0) is 20.4 Å². The minimum absolute atomic E-state index is 0.0107. The Bertz CT molecular complexity index is 1520. The third-order valence-electron chi connectivity index (χ3n) is 14.9. The summed E-state index contributed by atoms with van der Waals surface area (Å²) in [5.41, 5.74) is 1.90. The molecular weight excluding hydrogens is 576 g/mol. The monoisotopic (exact) mass is 630 g/mol. The molecular formula is C40H54O6. The molecule has 1 unspecified atom stereocenters. The summed E-state index contributed by atoms with van der Waals surface area (Å²) in [5.74, 6) is -1.25. The molecule has 7 rings (SSSR count). The molecule has 0 bridgehead atoms. The summed E-state index contributed by atoms with van der Waals surface area (Å²) in [6.07, 6.45) is 7.41. The van der Waals surface area contributed by atoms with E-state index in [0.29, 0.717) is 49.3 Å². The van der Waals surface area contributed by atoms with Gasteiger partial charge in [0.25, 0.3) is 0 Å².